The summed E-state index contributed by atoms with van der Waals surface area (Å²) in [7, 11) is 0. The zero-order valence-corrected chi connectivity index (χ0v) is 9.64. The number of hydrogen-bond acceptors (Lipinski definition) is 1. The minimum Gasteiger partial charge on any atom is -1.00 e. The smallest absolute Gasteiger partial charge is 0.255 e. The van der Waals surface area contributed by atoms with Crippen molar-refractivity contribution in [3.63, 3.8) is 0 Å². The highest BCUT2D eigenvalue weighted by Gasteiger charge is 1.98. The van der Waals surface area contributed by atoms with Gasteiger partial charge in [0.15, 0.2) is 0 Å². The number of nitrogens with zero attached hydrogens (tertiary/aromatic N) is 2. The molecule has 2 nitrogen and oxygen atoms in total. The Morgan fingerprint density at radius 2 is 2.08 bits per heavy atom. The first kappa shape index (κ1) is 12.8. The quantitative estimate of drug-likeness (QED) is 0.373. The van der Waals surface area contributed by atoms with Crippen LogP contribution in [0.1, 0.15) is 32.6 Å². The van der Waals surface area contributed by atoms with E-state index in [0.717, 1.165) is 6.54 Å². The van der Waals surface area contributed by atoms with E-state index in [1.165, 1.54) is 25.7 Å². The molecule has 1 rings (SSSR count). The molecule has 0 aliphatic rings. The maximum Gasteiger partial charge on any atom is 0.255 e. The molecule has 0 fully saturated rings. The van der Waals surface area contributed by atoms with E-state index in [9.17, 15) is 0 Å². The van der Waals surface area contributed by atoms with Crippen molar-refractivity contribution in [3.05, 3.63) is 18.7 Å². The van der Waals surface area contributed by atoms with E-state index in [4.69, 9.17) is 0 Å². The molecule has 0 amide bonds. The lowest BCUT2D eigenvalue weighted by molar-refractivity contribution is -0.696. The maximum atomic E-state index is 4.16. The largest absolute Gasteiger partial charge is 1.00 e. The van der Waals surface area contributed by atoms with E-state index < -0.39 is 0 Å². The van der Waals surface area contributed by atoms with Gasteiger partial charge < -0.3 is 12.4 Å². The number of unbranched alkanes of at least 4 members (excludes halogenated alkanes) is 3. The summed E-state index contributed by atoms with van der Waals surface area (Å²) in [5.41, 5.74) is 0. The van der Waals surface area contributed by atoms with Crippen molar-refractivity contribution >= 4 is 12.8 Å². The molecule has 0 saturated carbocycles. The monoisotopic (exact) mass is 220 g/mol. The van der Waals surface area contributed by atoms with Gasteiger partial charge in [-0.1, -0.05) is 19.8 Å². The van der Waals surface area contributed by atoms with Crippen molar-refractivity contribution in [3.8, 4) is 0 Å². The minimum absolute atomic E-state index is 0. The molecular formula is C9H17ClN2S. The first-order valence-corrected chi connectivity index (χ1v) is 4.99. The number of aryl methyl sites for hydroxylation is 1. The van der Waals surface area contributed by atoms with E-state index in [-0.39, 0.29) is 12.4 Å². The molecule has 4 heteroatoms. The Labute approximate surface area is 91.9 Å². The van der Waals surface area contributed by atoms with Crippen molar-refractivity contribution in [2.24, 2.45) is 0 Å². The molecule has 0 aromatic carbocycles. The standard InChI is InChI=1S/C9H17N2S.ClH/c1-2-3-4-5-6-10-7-8-11(12)9-10;/h7-9,12H,2-6H2,1H3;1H/q+1;/p-1. The molecule has 1 aromatic rings. The summed E-state index contributed by atoms with van der Waals surface area (Å²) in [4.78, 5) is 0. The fraction of sp³-hybridized carbons (Fsp3) is 0.667. The summed E-state index contributed by atoms with van der Waals surface area (Å²) in [5.74, 6) is 0. The van der Waals surface area contributed by atoms with E-state index in [1.807, 2.05) is 12.5 Å². The van der Waals surface area contributed by atoms with Gasteiger partial charge >= 0.3 is 0 Å². The summed E-state index contributed by atoms with van der Waals surface area (Å²) in [5, 5.41) is 0. The summed E-state index contributed by atoms with van der Waals surface area (Å²) < 4.78 is 3.95. The van der Waals surface area contributed by atoms with Crippen molar-refractivity contribution < 1.29 is 17.0 Å². The van der Waals surface area contributed by atoms with Gasteiger partial charge in [-0.25, -0.2) is 4.57 Å². The molecule has 1 heterocycles. The van der Waals surface area contributed by atoms with Gasteiger partial charge in [-0.2, -0.15) is 3.97 Å². The van der Waals surface area contributed by atoms with Crippen LogP contribution in [0.5, 0.6) is 0 Å². The highest BCUT2D eigenvalue weighted by molar-refractivity contribution is 7.78. The summed E-state index contributed by atoms with van der Waals surface area (Å²) in [6.07, 6.45) is 11.3. The van der Waals surface area contributed by atoms with Gasteiger partial charge in [0.05, 0.1) is 6.54 Å². The van der Waals surface area contributed by atoms with Gasteiger partial charge in [-0.05, 0) is 12.8 Å². The van der Waals surface area contributed by atoms with Gasteiger partial charge in [0, 0.05) is 12.8 Å². The van der Waals surface area contributed by atoms with Crippen LogP contribution >= 0.6 is 12.8 Å². The van der Waals surface area contributed by atoms with E-state index in [0.29, 0.717) is 0 Å². The van der Waals surface area contributed by atoms with Gasteiger partial charge in [-0.15, -0.1) is 0 Å². The molecular weight excluding hydrogens is 204 g/mol. The van der Waals surface area contributed by atoms with Crippen molar-refractivity contribution in [1.82, 2.24) is 3.97 Å². The second kappa shape index (κ2) is 7.27. The Bertz CT molecular complexity index is 225. The molecule has 0 unspecified atom stereocenters. The molecule has 13 heavy (non-hydrogen) atoms. The van der Waals surface area contributed by atoms with Crippen LogP contribution in [-0.4, -0.2) is 3.97 Å². The van der Waals surface area contributed by atoms with Crippen molar-refractivity contribution in [2.45, 2.75) is 39.2 Å². The summed E-state index contributed by atoms with van der Waals surface area (Å²) in [6.45, 7) is 3.35. The molecule has 0 bridgehead atoms. The normalized spacial score (nSPS) is 9.69. The molecule has 0 atom stereocenters. The van der Waals surface area contributed by atoms with Crippen LogP contribution in [0.3, 0.4) is 0 Å². The highest BCUT2D eigenvalue weighted by atomic mass is 35.5. The Morgan fingerprint density at radius 1 is 1.31 bits per heavy atom. The molecule has 0 aliphatic carbocycles. The Kier molecular flexibility index (Phi) is 7.19. The number of imidazole rings is 1. The number of hydrogen-bond donors (Lipinski definition) is 1. The molecule has 76 valence electrons. The third-order valence-electron chi connectivity index (χ3n) is 1.95. The fourth-order valence-corrected chi connectivity index (χ4v) is 1.43. The first-order valence-electron chi connectivity index (χ1n) is 4.59. The number of thiol groups is 1. The predicted molar refractivity (Wildman–Crippen MR) is 53.2 cm³/mol. The van der Waals surface area contributed by atoms with Gasteiger partial charge in [0.25, 0.3) is 6.33 Å². The lowest BCUT2D eigenvalue weighted by Gasteiger charge is -1.95. The Balaban J connectivity index is 0.00000144. The van der Waals surface area contributed by atoms with E-state index in [1.54, 1.807) is 3.97 Å². The van der Waals surface area contributed by atoms with Gasteiger partial charge in [-0.3, -0.25) is 0 Å². The average molecular weight is 221 g/mol. The lowest BCUT2D eigenvalue weighted by Crippen LogP contribution is -3.00. The second-order valence-corrected chi connectivity index (χ2v) is 3.55. The number of rotatable bonds is 5. The highest BCUT2D eigenvalue weighted by Crippen LogP contribution is 1.98. The zero-order chi connectivity index (χ0) is 8.81. The van der Waals surface area contributed by atoms with Gasteiger partial charge in [0.2, 0.25) is 0 Å². The molecule has 0 saturated heterocycles. The van der Waals surface area contributed by atoms with E-state index >= 15 is 0 Å². The summed E-state index contributed by atoms with van der Waals surface area (Å²) >= 11 is 4.16. The fourth-order valence-electron chi connectivity index (χ4n) is 1.24. The SMILES string of the molecule is CCCCCC[n+]1ccn(S)c1.[Cl-]. The second-order valence-electron chi connectivity index (χ2n) is 3.09. The van der Waals surface area contributed by atoms with Crippen LogP contribution in [-0.2, 0) is 6.54 Å². The Hall–Kier alpha value is -0.150. The van der Waals surface area contributed by atoms with Crippen LogP contribution < -0.4 is 17.0 Å². The van der Waals surface area contributed by atoms with Crippen LogP contribution in [0, 0.1) is 0 Å². The predicted octanol–water partition coefficient (Wildman–Crippen LogP) is -0.947. The third-order valence-corrected chi connectivity index (χ3v) is 2.18. The van der Waals surface area contributed by atoms with Crippen LogP contribution in [0.15, 0.2) is 18.7 Å². The molecule has 0 N–H and O–H groups in total. The van der Waals surface area contributed by atoms with Gasteiger partial charge in [0.1, 0.15) is 12.4 Å². The topological polar surface area (TPSA) is 8.81 Å². The van der Waals surface area contributed by atoms with Crippen LogP contribution in [0.25, 0.3) is 0 Å². The number of aromatic nitrogens is 2. The molecule has 0 radical (unpaired) electrons. The third kappa shape index (κ3) is 5.21. The maximum absolute atomic E-state index is 4.16. The average Bonchev–Trinajstić information content (AvgIpc) is 2.45. The van der Waals surface area contributed by atoms with Crippen LogP contribution in [0.2, 0.25) is 0 Å². The van der Waals surface area contributed by atoms with Crippen LogP contribution in [0.4, 0.5) is 0 Å². The molecule has 0 spiro atoms. The lowest BCUT2D eigenvalue weighted by atomic mass is 10.2. The number of halogens is 1. The molecule has 0 aliphatic heterocycles. The van der Waals surface area contributed by atoms with E-state index in [2.05, 4.69) is 30.5 Å². The minimum atomic E-state index is 0. The molecule has 1 aromatic heterocycles. The van der Waals surface area contributed by atoms with Crippen molar-refractivity contribution in [2.75, 3.05) is 0 Å². The Morgan fingerprint density at radius 3 is 2.62 bits per heavy atom. The zero-order valence-electron chi connectivity index (χ0n) is 7.99. The van der Waals surface area contributed by atoms with Crippen molar-refractivity contribution in [1.29, 1.82) is 0 Å². The summed E-state index contributed by atoms with van der Waals surface area (Å²) in [6, 6.07) is 0. The first-order chi connectivity index (χ1) is 5.83.